The standard InChI is InChI=1S/C22H27O8P/c1-29-21-10-15(9-16(12-24)20(21)13-25)17-5-3-2-4-6-19-18(17)8-7-14(11-23)22(19)30-31(26,27)28/h5,7-10,23-25H,2-4,6,11-13H2,1H3,(H2,26,27,28)/b17-5-. The Hall–Kier alpha value is -2.19. The maximum atomic E-state index is 11.6. The van der Waals surface area contributed by atoms with E-state index in [0.717, 1.165) is 36.0 Å². The Bertz CT molecular complexity index is 999. The van der Waals surface area contributed by atoms with E-state index in [2.05, 4.69) is 0 Å². The lowest BCUT2D eigenvalue weighted by atomic mass is 9.85. The first-order valence-electron chi connectivity index (χ1n) is 9.96. The summed E-state index contributed by atoms with van der Waals surface area (Å²) >= 11 is 0. The van der Waals surface area contributed by atoms with Crippen molar-refractivity contribution in [3.05, 3.63) is 63.7 Å². The number of rotatable bonds is 7. The van der Waals surface area contributed by atoms with E-state index in [4.69, 9.17) is 9.26 Å². The first kappa shape index (κ1) is 23.5. The van der Waals surface area contributed by atoms with Crippen molar-refractivity contribution in [3.8, 4) is 11.5 Å². The molecule has 0 bridgehead atoms. The first-order chi connectivity index (χ1) is 14.8. The Morgan fingerprint density at radius 1 is 1.00 bits per heavy atom. The third-order valence-corrected chi connectivity index (χ3v) is 5.82. The van der Waals surface area contributed by atoms with Crippen molar-refractivity contribution in [1.29, 1.82) is 0 Å². The van der Waals surface area contributed by atoms with Crippen molar-refractivity contribution in [1.82, 2.24) is 0 Å². The maximum Gasteiger partial charge on any atom is 0.524 e. The number of ether oxygens (including phenoxy) is 1. The number of hydrogen-bond acceptors (Lipinski definition) is 6. The normalized spacial score (nSPS) is 16.0. The zero-order chi connectivity index (χ0) is 22.6. The smallest absolute Gasteiger partial charge is 0.496 e. The number of fused-ring (bicyclic) bond motifs is 1. The van der Waals surface area contributed by atoms with E-state index in [-0.39, 0.29) is 19.0 Å². The summed E-state index contributed by atoms with van der Waals surface area (Å²) in [6.45, 7) is -0.985. The van der Waals surface area contributed by atoms with Crippen LogP contribution in [0.1, 0.15) is 52.6 Å². The van der Waals surface area contributed by atoms with Crippen molar-refractivity contribution in [2.75, 3.05) is 7.11 Å². The van der Waals surface area contributed by atoms with Crippen LogP contribution >= 0.6 is 7.82 Å². The molecule has 3 rings (SSSR count). The third kappa shape index (κ3) is 5.18. The molecule has 0 amide bonds. The zero-order valence-electron chi connectivity index (χ0n) is 17.2. The van der Waals surface area contributed by atoms with Crippen LogP contribution in [0.15, 0.2) is 30.3 Å². The van der Waals surface area contributed by atoms with Gasteiger partial charge >= 0.3 is 7.82 Å². The molecule has 0 radical (unpaired) electrons. The predicted molar refractivity (Wildman–Crippen MR) is 115 cm³/mol. The molecule has 2 aromatic rings. The van der Waals surface area contributed by atoms with Crippen LogP contribution in [0, 0.1) is 0 Å². The van der Waals surface area contributed by atoms with Crippen LogP contribution in [0.3, 0.4) is 0 Å². The van der Waals surface area contributed by atoms with E-state index >= 15 is 0 Å². The molecule has 0 aliphatic heterocycles. The number of phosphoric ester groups is 1. The number of aliphatic hydroxyl groups is 3. The minimum Gasteiger partial charge on any atom is -0.496 e. The lowest BCUT2D eigenvalue weighted by molar-refractivity contribution is 0.254. The fourth-order valence-electron chi connectivity index (χ4n) is 3.97. The molecule has 0 atom stereocenters. The fourth-order valence-corrected chi connectivity index (χ4v) is 4.44. The van der Waals surface area contributed by atoms with Crippen LogP contribution in [0.4, 0.5) is 0 Å². The summed E-state index contributed by atoms with van der Waals surface area (Å²) in [7, 11) is -3.35. The van der Waals surface area contributed by atoms with Gasteiger partial charge in [-0.05, 0) is 60.1 Å². The van der Waals surface area contributed by atoms with E-state index in [1.54, 1.807) is 24.3 Å². The quantitative estimate of drug-likeness (QED) is 0.406. The van der Waals surface area contributed by atoms with Crippen molar-refractivity contribution in [3.63, 3.8) is 0 Å². The minimum absolute atomic E-state index is 0.00228. The van der Waals surface area contributed by atoms with Gasteiger partial charge in [0.1, 0.15) is 11.5 Å². The van der Waals surface area contributed by atoms with Crippen molar-refractivity contribution < 1.29 is 38.9 Å². The van der Waals surface area contributed by atoms with Crippen molar-refractivity contribution >= 4 is 13.4 Å². The van der Waals surface area contributed by atoms with Gasteiger partial charge in [0.15, 0.2) is 0 Å². The topological polar surface area (TPSA) is 137 Å². The van der Waals surface area contributed by atoms with E-state index in [1.807, 2.05) is 6.08 Å². The minimum atomic E-state index is -4.84. The highest BCUT2D eigenvalue weighted by Crippen LogP contribution is 2.45. The Labute approximate surface area is 180 Å². The molecule has 0 saturated carbocycles. The van der Waals surface area contributed by atoms with E-state index in [0.29, 0.717) is 34.4 Å². The number of phosphoric acid groups is 1. The molecule has 31 heavy (non-hydrogen) atoms. The monoisotopic (exact) mass is 450 g/mol. The number of methoxy groups -OCH3 is 1. The third-order valence-electron chi connectivity index (χ3n) is 5.40. The predicted octanol–water partition coefficient (Wildman–Crippen LogP) is 2.80. The summed E-state index contributed by atoms with van der Waals surface area (Å²) in [5.41, 5.74) is 4.19. The van der Waals surface area contributed by atoms with Crippen LogP contribution in [0.25, 0.3) is 5.57 Å². The molecule has 1 aliphatic carbocycles. The second kappa shape index (κ2) is 9.96. The molecule has 0 fully saturated rings. The molecule has 0 unspecified atom stereocenters. The lowest BCUT2D eigenvalue weighted by Gasteiger charge is -2.23. The first-order valence-corrected chi connectivity index (χ1v) is 11.5. The summed E-state index contributed by atoms with van der Waals surface area (Å²) in [5.74, 6) is 0.440. The van der Waals surface area contributed by atoms with Gasteiger partial charge < -0.3 is 24.6 Å². The molecule has 0 heterocycles. The SMILES string of the molecule is COc1cc(/C2=C/CCCCc3c2ccc(CO)c3OP(=O)(O)O)cc(CO)c1CO. The number of aliphatic hydroxyl groups excluding tert-OH is 3. The molecule has 9 heteroatoms. The summed E-state index contributed by atoms with van der Waals surface area (Å²) in [5, 5.41) is 29.2. The molecule has 2 aromatic carbocycles. The highest BCUT2D eigenvalue weighted by molar-refractivity contribution is 7.46. The molecule has 0 aromatic heterocycles. The number of allylic oxidation sites excluding steroid dienone is 1. The van der Waals surface area contributed by atoms with E-state index in [1.165, 1.54) is 7.11 Å². The molecule has 8 nitrogen and oxygen atoms in total. The van der Waals surface area contributed by atoms with Gasteiger partial charge in [-0.1, -0.05) is 18.2 Å². The summed E-state index contributed by atoms with van der Waals surface area (Å²) in [6, 6.07) is 6.93. The Morgan fingerprint density at radius 2 is 1.74 bits per heavy atom. The van der Waals surface area contributed by atoms with E-state index < -0.39 is 14.4 Å². The highest BCUT2D eigenvalue weighted by Gasteiger charge is 2.25. The summed E-state index contributed by atoms with van der Waals surface area (Å²) < 4.78 is 22.0. The van der Waals surface area contributed by atoms with Gasteiger partial charge in [0.2, 0.25) is 0 Å². The van der Waals surface area contributed by atoms with Crippen LogP contribution in [-0.2, 0) is 30.8 Å². The van der Waals surface area contributed by atoms with Crippen molar-refractivity contribution in [2.45, 2.75) is 45.5 Å². The second-order valence-corrected chi connectivity index (χ2v) is 8.48. The fraction of sp³-hybridized carbons (Fsp3) is 0.364. The van der Waals surface area contributed by atoms with Gasteiger partial charge in [0.05, 0.1) is 26.9 Å². The van der Waals surface area contributed by atoms with Crippen LogP contribution in [0.2, 0.25) is 0 Å². The van der Waals surface area contributed by atoms with Gasteiger partial charge in [-0.25, -0.2) is 4.57 Å². The van der Waals surface area contributed by atoms with E-state index in [9.17, 15) is 29.7 Å². The summed E-state index contributed by atoms with van der Waals surface area (Å²) in [6.07, 6.45) is 5.00. The Morgan fingerprint density at radius 3 is 2.35 bits per heavy atom. The van der Waals surface area contributed by atoms with Gasteiger partial charge in [-0.3, -0.25) is 9.79 Å². The van der Waals surface area contributed by atoms with Crippen LogP contribution in [0.5, 0.6) is 11.5 Å². The second-order valence-electron chi connectivity index (χ2n) is 7.32. The number of benzene rings is 2. The van der Waals surface area contributed by atoms with Crippen molar-refractivity contribution in [2.24, 2.45) is 0 Å². The molecule has 5 N–H and O–H groups in total. The molecule has 0 saturated heterocycles. The number of hydrogen-bond donors (Lipinski definition) is 5. The summed E-state index contributed by atoms with van der Waals surface area (Å²) in [4.78, 5) is 18.8. The van der Waals surface area contributed by atoms with Crippen LogP contribution < -0.4 is 9.26 Å². The molecule has 168 valence electrons. The maximum absolute atomic E-state index is 11.6. The Balaban J connectivity index is 2.25. The van der Waals surface area contributed by atoms with Gasteiger partial charge in [-0.2, -0.15) is 0 Å². The average molecular weight is 450 g/mol. The Kier molecular flexibility index (Phi) is 7.54. The molecule has 1 aliphatic rings. The lowest BCUT2D eigenvalue weighted by Crippen LogP contribution is -2.07. The van der Waals surface area contributed by atoms with Gasteiger partial charge in [0.25, 0.3) is 0 Å². The van der Waals surface area contributed by atoms with Crippen LogP contribution in [-0.4, -0.2) is 32.2 Å². The van der Waals surface area contributed by atoms with Gasteiger partial charge in [-0.15, -0.1) is 0 Å². The largest absolute Gasteiger partial charge is 0.524 e. The average Bonchev–Trinajstić information content (AvgIpc) is 2.72. The molecule has 0 spiro atoms. The molecular weight excluding hydrogens is 423 g/mol. The van der Waals surface area contributed by atoms with Gasteiger partial charge in [0, 0.05) is 16.7 Å². The zero-order valence-corrected chi connectivity index (χ0v) is 18.1. The highest BCUT2D eigenvalue weighted by atomic mass is 31.2. The molecular formula is C22H27O8P.